The van der Waals surface area contributed by atoms with Gasteiger partial charge in [-0.15, -0.1) is 0 Å². The molecule has 92 valence electrons. The van der Waals surface area contributed by atoms with E-state index in [2.05, 4.69) is 15.0 Å². The lowest BCUT2D eigenvalue weighted by atomic mass is 11.0. The number of hydrogen-bond donors (Lipinski definition) is 3. The van der Waals surface area contributed by atoms with Crippen LogP contribution in [0.4, 0.5) is 0 Å². The number of nitrogens with one attached hydrogen (secondary N) is 2. The van der Waals surface area contributed by atoms with Crippen molar-refractivity contribution in [1.29, 1.82) is 0 Å². The van der Waals surface area contributed by atoms with Gasteiger partial charge in [0, 0.05) is 12.4 Å². The zero-order valence-corrected chi connectivity index (χ0v) is 9.66. The smallest absolute Gasteiger partial charge is 0.311 e. The SMILES string of the molecule is O=S(=O)(O)c1cnc(S(=O)(=O)c2ncc[nH]2)[nH]1. The van der Waals surface area contributed by atoms with Crippen LogP contribution in [0.15, 0.2) is 33.9 Å². The predicted octanol–water partition coefficient (Wildman–Crippen LogP) is -0.788. The number of rotatable bonds is 3. The van der Waals surface area contributed by atoms with E-state index in [-0.39, 0.29) is 5.16 Å². The van der Waals surface area contributed by atoms with Crippen molar-refractivity contribution in [2.24, 2.45) is 0 Å². The Hall–Kier alpha value is -1.72. The van der Waals surface area contributed by atoms with Crippen LogP contribution in [0.25, 0.3) is 0 Å². The van der Waals surface area contributed by atoms with Gasteiger partial charge in [-0.3, -0.25) is 4.55 Å². The molecule has 3 N–H and O–H groups in total. The zero-order valence-electron chi connectivity index (χ0n) is 8.02. The van der Waals surface area contributed by atoms with Gasteiger partial charge in [-0.25, -0.2) is 18.4 Å². The summed E-state index contributed by atoms with van der Waals surface area (Å²) in [6.07, 6.45) is 3.21. The van der Waals surface area contributed by atoms with E-state index in [0.717, 1.165) is 0 Å². The lowest BCUT2D eigenvalue weighted by molar-refractivity contribution is 0.479. The Morgan fingerprint density at radius 2 is 1.82 bits per heavy atom. The van der Waals surface area contributed by atoms with Crippen LogP contribution >= 0.6 is 0 Å². The maximum absolute atomic E-state index is 11.8. The van der Waals surface area contributed by atoms with Gasteiger partial charge in [0.25, 0.3) is 9.84 Å². The molecule has 2 aromatic heterocycles. The topological polar surface area (TPSA) is 146 Å². The van der Waals surface area contributed by atoms with Crippen molar-refractivity contribution in [1.82, 2.24) is 19.9 Å². The first-order chi connectivity index (χ1) is 7.82. The largest absolute Gasteiger partial charge is 0.335 e. The van der Waals surface area contributed by atoms with E-state index in [4.69, 9.17) is 4.55 Å². The number of nitrogens with zero attached hydrogens (tertiary/aromatic N) is 2. The van der Waals surface area contributed by atoms with Crippen molar-refractivity contribution < 1.29 is 21.4 Å². The standard InChI is InChI=1S/C6H6N4O5S2/c11-16(12,5-7-1-2-8-5)6-9-3-4(10-6)17(13,14)15/h1-3H,(H,7,8)(H,9,10)(H,13,14,15). The van der Waals surface area contributed by atoms with Crippen LogP contribution in [0.2, 0.25) is 0 Å². The lowest BCUT2D eigenvalue weighted by Gasteiger charge is -1.95. The third-order valence-electron chi connectivity index (χ3n) is 1.79. The molecule has 2 heterocycles. The first-order valence-corrected chi connectivity index (χ1v) is 7.01. The van der Waals surface area contributed by atoms with E-state index in [9.17, 15) is 16.8 Å². The van der Waals surface area contributed by atoms with Crippen LogP contribution in [-0.2, 0) is 20.0 Å². The molecule has 2 rings (SSSR count). The molecule has 9 nitrogen and oxygen atoms in total. The molecule has 2 aromatic rings. The first-order valence-electron chi connectivity index (χ1n) is 4.09. The molecule has 0 radical (unpaired) electrons. The molecule has 0 bridgehead atoms. The Kier molecular flexibility index (Phi) is 2.52. The van der Waals surface area contributed by atoms with E-state index in [1.165, 1.54) is 12.4 Å². The second-order valence-corrected chi connectivity index (χ2v) is 6.10. The van der Waals surface area contributed by atoms with Gasteiger partial charge in [-0.1, -0.05) is 0 Å². The fraction of sp³-hybridized carbons (Fsp3) is 0. The molecular weight excluding hydrogens is 272 g/mol. The Balaban J connectivity index is 2.53. The minimum Gasteiger partial charge on any atom is -0.335 e. The summed E-state index contributed by atoms with van der Waals surface area (Å²) in [6, 6.07) is 0. The maximum atomic E-state index is 11.8. The van der Waals surface area contributed by atoms with Gasteiger partial charge in [0.05, 0.1) is 6.20 Å². The number of hydrogen-bond acceptors (Lipinski definition) is 6. The van der Waals surface area contributed by atoms with Gasteiger partial charge < -0.3 is 9.97 Å². The monoisotopic (exact) mass is 278 g/mol. The zero-order chi connectivity index (χ0) is 12.7. The number of aromatic nitrogens is 4. The van der Waals surface area contributed by atoms with E-state index in [0.29, 0.717) is 6.20 Å². The highest BCUT2D eigenvalue weighted by Crippen LogP contribution is 2.15. The molecule has 0 spiro atoms. The summed E-state index contributed by atoms with van der Waals surface area (Å²) in [4.78, 5) is 11.2. The maximum Gasteiger partial charge on any atom is 0.311 e. The summed E-state index contributed by atoms with van der Waals surface area (Å²) in [7, 11) is -8.57. The van der Waals surface area contributed by atoms with Gasteiger partial charge in [-0.2, -0.15) is 8.42 Å². The van der Waals surface area contributed by atoms with Crippen LogP contribution in [0.5, 0.6) is 0 Å². The number of H-pyrrole nitrogens is 2. The molecule has 0 saturated carbocycles. The van der Waals surface area contributed by atoms with Crippen LogP contribution in [0.1, 0.15) is 0 Å². The van der Waals surface area contributed by atoms with Crippen molar-refractivity contribution >= 4 is 20.0 Å². The van der Waals surface area contributed by atoms with Crippen LogP contribution in [-0.4, -0.2) is 41.3 Å². The average Bonchev–Trinajstić information content (AvgIpc) is 2.89. The fourth-order valence-corrected chi connectivity index (χ4v) is 2.56. The minimum atomic E-state index is -4.52. The molecule has 0 aliphatic heterocycles. The summed E-state index contributed by atoms with van der Waals surface area (Å²) in [5.74, 6) is 0. The average molecular weight is 278 g/mol. The first kappa shape index (κ1) is 11.8. The predicted molar refractivity (Wildman–Crippen MR) is 52.4 cm³/mol. The molecule has 0 aliphatic rings. The third-order valence-corrected chi connectivity index (χ3v) is 4.00. The summed E-state index contributed by atoms with van der Waals surface area (Å²) >= 11 is 0. The molecule has 17 heavy (non-hydrogen) atoms. The molecule has 0 aliphatic carbocycles. The van der Waals surface area contributed by atoms with Gasteiger partial charge in [-0.05, 0) is 0 Å². The fourth-order valence-electron chi connectivity index (χ4n) is 1.04. The Bertz CT molecular complexity index is 727. The molecule has 11 heteroatoms. The Morgan fingerprint density at radius 3 is 2.29 bits per heavy atom. The van der Waals surface area contributed by atoms with Crippen LogP contribution in [0.3, 0.4) is 0 Å². The molecular formula is C6H6N4O5S2. The molecule has 0 saturated heterocycles. The Morgan fingerprint density at radius 1 is 1.12 bits per heavy atom. The molecule has 0 amide bonds. The summed E-state index contributed by atoms with van der Waals surface area (Å²) in [5, 5.41) is -1.71. The number of imidazole rings is 2. The summed E-state index contributed by atoms with van der Waals surface area (Å²) < 4.78 is 53.7. The molecule has 0 atom stereocenters. The van der Waals surface area contributed by atoms with E-state index in [1.54, 1.807) is 0 Å². The van der Waals surface area contributed by atoms with Crippen molar-refractivity contribution in [2.45, 2.75) is 15.3 Å². The quantitative estimate of drug-likeness (QED) is 0.623. The van der Waals surface area contributed by atoms with Crippen molar-refractivity contribution in [3.8, 4) is 0 Å². The van der Waals surface area contributed by atoms with E-state index < -0.39 is 30.1 Å². The molecule has 0 fully saturated rings. The van der Waals surface area contributed by atoms with Crippen LogP contribution in [0, 0.1) is 0 Å². The summed E-state index contributed by atoms with van der Waals surface area (Å²) in [6.45, 7) is 0. The van der Waals surface area contributed by atoms with Crippen LogP contribution < -0.4 is 0 Å². The van der Waals surface area contributed by atoms with E-state index in [1.807, 2.05) is 4.98 Å². The second-order valence-electron chi connectivity index (χ2n) is 2.93. The minimum absolute atomic E-state index is 0.381. The number of aromatic amines is 2. The van der Waals surface area contributed by atoms with Gasteiger partial charge >= 0.3 is 10.1 Å². The van der Waals surface area contributed by atoms with Crippen molar-refractivity contribution in [3.05, 3.63) is 18.6 Å². The Labute approximate surface area is 95.6 Å². The highest BCUT2D eigenvalue weighted by atomic mass is 32.2. The molecule has 0 aromatic carbocycles. The van der Waals surface area contributed by atoms with E-state index >= 15 is 0 Å². The van der Waals surface area contributed by atoms with Gasteiger partial charge in [0.1, 0.15) is 0 Å². The summed E-state index contributed by atoms with van der Waals surface area (Å²) in [5.41, 5.74) is 0. The van der Waals surface area contributed by atoms with Crippen molar-refractivity contribution in [3.63, 3.8) is 0 Å². The van der Waals surface area contributed by atoms with Gasteiger partial charge in [0.15, 0.2) is 5.03 Å². The van der Waals surface area contributed by atoms with Crippen molar-refractivity contribution in [2.75, 3.05) is 0 Å². The third kappa shape index (κ3) is 2.07. The molecule has 0 unspecified atom stereocenters. The lowest BCUT2D eigenvalue weighted by Crippen LogP contribution is -2.07. The number of sulfone groups is 1. The highest BCUT2D eigenvalue weighted by Gasteiger charge is 2.26. The van der Waals surface area contributed by atoms with Gasteiger partial charge in [0.2, 0.25) is 10.3 Å². The second kappa shape index (κ2) is 3.65. The normalized spacial score (nSPS) is 12.8. The highest BCUT2D eigenvalue weighted by molar-refractivity contribution is 7.91.